The molecule has 1 heterocycles. The molecule has 6 nitrogen and oxygen atoms in total. The molecule has 0 radical (unpaired) electrons. The Morgan fingerprint density at radius 1 is 1.26 bits per heavy atom. The molecule has 1 amide bonds. The Morgan fingerprint density at radius 2 is 1.95 bits per heavy atom. The van der Waals surface area contributed by atoms with Crippen LogP contribution in [0.4, 0.5) is 5.69 Å². The molecule has 92 valence electrons. The fourth-order valence-corrected chi connectivity index (χ4v) is 1.59. The molecule has 1 aromatic carbocycles. The van der Waals surface area contributed by atoms with Gasteiger partial charge in [-0.3, -0.25) is 4.79 Å². The number of anilines is 1. The largest absolute Gasteiger partial charge is 0.329 e. The van der Waals surface area contributed by atoms with Crippen LogP contribution in [0.1, 0.15) is 18.3 Å². The number of nitrogens with one attached hydrogen (secondary N) is 2. The van der Waals surface area contributed by atoms with E-state index in [-0.39, 0.29) is 17.3 Å². The minimum absolute atomic E-state index is 0.0726. The number of nitriles is 2. The fraction of sp³-hybridized carbons (Fsp3) is 0.0769. The molecule has 0 aliphatic heterocycles. The predicted octanol–water partition coefficient (Wildman–Crippen LogP) is 1.78. The van der Waals surface area contributed by atoms with Crippen molar-refractivity contribution in [2.24, 2.45) is 0 Å². The van der Waals surface area contributed by atoms with Gasteiger partial charge in [-0.15, -0.1) is 0 Å². The summed E-state index contributed by atoms with van der Waals surface area (Å²) in [6.45, 7) is 1.43. The van der Waals surface area contributed by atoms with Crippen molar-refractivity contribution in [3.63, 3.8) is 0 Å². The van der Waals surface area contributed by atoms with Gasteiger partial charge in [0.2, 0.25) is 5.91 Å². The molecule has 6 heteroatoms. The summed E-state index contributed by atoms with van der Waals surface area (Å²) >= 11 is 0. The molecule has 19 heavy (non-hydrogen) atoms. The molecule has 0 fully saturated rings. The quantitative estimate of drug-likeness (QED) is 0.848. The van der Waals surface area contributed by atoms with Crippen LogP contribution >= 0.6 is 0 Å². The van der Waals surface area contributed by atoms with E-state index in [1.54, 1.807) is 24.3 Å². The highest BCUT2D eigenvalue weighted by Gasteiger charge is 2.10. The van der Waals surface area contributed by atoms with Crippen molar-refractivity contribution in [2.45, 2.75) is 6.92 Å². The fourth-order valence-electron chi connectivity index (χ4n) is 1.59. The molecule has 0 aliphatic rings. The normalized spacial score (nSPS) is 9.42. The molecule has 0 saturated carbocycles. The maximum absolute atomic E-state index is 10.9. The van der Waals surface area contributed by atoms with Crippen molar-refractivity contribution in [1.29, 1.82) is 10.5 Å². The van der Waals surface area contributed by atoms with E-state index in [9.17, 15) is 4.79 Å². The Bertz CT molecular complexity index is 669. The van der Waals surface area contributed by atoms with E-state index in [2.05, 4.69) is 15.3 Å². The second-order valence-corrected chi connectivity index (χ2v) is 3.79. The zero-order chi connectivity index (χ0) is 13.8. The Labute approximate surface area is 109 Å². The standard InChI is InChI=1S/C13H9N5O/c1-8(19)16-10-4-2-9(3-5-10)13-17-11(6-14)12(7-15)18-13/h2-5H,1H3,(H,16,19)(H,17,18). The van der Waals surface area contributed by atoms with E-state index in [1.165, 1.54) is 6.92 Å². The van der Waals surface area contributed by atoms with Crippen LogP contribution in [0.15, 0.2) is 24.3 Å². The molecule has 2 aromatic rings. The van der Waals surface area contributed by atoms with Gasteiger partial charge in [0.1, 0.15) is 18.0 Å². The van der Waals surface area contributed by atoms with E-state index >= 15 is 0 Å². The van der Waals surface area contributed by atoms with Gasteiger partial charge in [-0.25, -0.2) is 4.98 Å². The smallest absolute Gasteiger partial charge is 0.221 e. The first-order valence-electron chi connectivity index (χ1n) is 5.42. The third kappa shape index (κ3) is 2.59. The highest BCUT2D eigenvalue weighted by molar-refractivity contribution is 5.88. The van der Waals surface area contributed by atoms with Gasteiger partial charge >= 0.3 is 0 Å². The predicted molar refractivity (Wildman–Crippen MR) is 67.8 cm³/mol. The van der Waals surface area contributed by atoms with Crippen LogP contribution in [-0.2, 0) is 4.79 Å². The van der Waals surface area contributed by atoms with Crippen LogP contribution in [0.25, 0.3) is 11.4 Å². The van der Waals surface area contributed by atoms with Crippen molar-refractivity contribution in [2.75, 3.05) is 5.32 Å². The Morgan fingerprint density at radius 3 is 2.42 bits per heavy atom. The van der Waals surface area contributed by atoms with E-state index in [0.717, 1.165) is 5.56 Å². The van der Waals surface area contributed by atoms with Crippen LogP contribution in [-0.4, -0.2) is 15.9 Å². The SMILES string of the molecule is CC(=O)Nc1ccc(-c2nc(C#N)c(C#N)[nH]2)cc1. The highest BCUT2D eigenvalue weighted by Crippen LogP contribution is 2.20. The first-order valence-corrected chi connectivity index (χ1v) is 5.42. The number of aromatic amines is 1. The van der Waals surface area contributed by atoms with Crippen LogP contribution in [0.3, 0.4) is 0 Å². The van der Waals surface area contributed by atoms with Gasteiger partial charge in [-0.2, -0.15) is 10.5 Å². The summed E-state index contributed by atoms with van der Waals surface area (Å²) in [5.74, 6) is 0.298. The molecule has 2 N–H and O–H groups in total. The van der Waals surface area contributed by atoms with Crippen molar-refractivity contribution in [3.8, 4) is 23.5 Å². The average Bonchev–Trinajstić information content (AvgIpc) is 2.82. The second-order valence-electron chi connectivity index (χ2n) is 3.79. The van der Waals surface area contributed by atoms with Crippen LogP contribution in [0, 0.1) is 22.7 Å². The first kappa shape index (κ1) is 12.3. The lowest BCUT2D eigenvalue weighted by Crippen LogP contribution is -2.05. The second kappa shape index (κ2) is 5.03. The number of rotatable bonds is 2. The number of nitrogens with zero attached hydrogens (tertiary/aromatic N) is 3. The minimum Gasteiger partial charge on any atom is -0.329 e. The number of imidazole rings is 1. The van der Waals surface area contributed by atoms with Gasteiger partial charge in [0.05, 0.1) is 0 Å². The van der Waals surface area contributed by atoms with Crippen molar-refractivity contribution in [3.05, 3.63) is 35.7 Å². The van der Waals surface area contributed by atoms with Crippen molar-refractivity contribution < 1.29 is 4.79 Å². The number of amides is 1. The van der Waals surface area contributed by atoms with Crippen LogP contribution < -0.4 is 5.32 Å². The molecule has 0 atom stereocenters. The number of carbonyl (C=O) groups is 1. The van der Waals surface area contributed by atoms with Gasteiger partial charge in [0.25, 0.3) is 0 Å². The molecule has 2 rings (SSSR count). The summed E-state index contributed by atoms with van der Waals surface area (Å²) < 4.78 is 0. The Hall–Kier alpha value is -3.12. The van der Waals surface area contributed by atoms with Crippen LogP contribution in [0.2, 0.25) is 0 Å². The maximum atomic E-state index is 10.9. The third-order valence-corrected chi connectivity index (χ3v) is 2.40. The minimum atomic E-state index is -0.149. The molecule has 1 aromatic heterocycles. The van der Waals surface area contributed by atoms with Gasteiger partial charge in [0.15, 0.2) is 11.4 Å². The summed E-state index contributed by atoms with van der Waals surface area (Å²) in [6.07, 6.45) is 0. The number of hydrogen-bond donors (Lipinski definition) is 2. The molecular formula is C13H9N5O. The summed E-state index contributed by atoms with van der Waals surface area (Å²) in [7, 11) is 0. The van der Waals surface area contributed by atoms with Crippen LogP contribution in [0.5, 0.6) is 0 Å². The molecular weight excluding hydrogens is 242 g/mol. The zero-order valence-electron chi connectivity index (χ0n) is 10.1. The number of hydrogen-bond acceptors (Lipinski definition) is 4. The lowest BCUT2D eigenvalue weighted by Gasteiger charge is -2.02. The highest BCUT2D eigenvalue weighted by atomic mass is 16.1. The monoisotopic (exact) mass is 251 g/mol. The molecule has 0 saturated heterocycles. The summed E-state index contributed by atoms with van der Waals surface area (Å²) in [5, 5.41) is 20.3. The first-order chi connectivity index (χ1) is 9.13. The summed E-state index contributed by atoms with van der Waals surface area (Å²) in [6, 6.07) is 10.7. The number of H-pyrrole nitrogens is 1. The lowest BCUT2D eigenvalue weighted by molar-refractivity contribution is -0.114. The van der Waals surface area contributed by atoms with Gasteiger partial charge in [0, 0.05) is 18.2 Å². The van der Waals surface area contributed by atoms with Gasteiger partial charge < -0.3 is 10.3 Å². The van der Waals surface area contributed by atoms with E-state index in [0.29, 0.717) is 11.5 Å². The number of aromatic nitrogens is 2. The topological polar surface area (TPSA) is 105 Å². The molecule has 0 spiro atoms. The molecule has 0 unspecified atom stereocenters. The van der Waals surface area contributed by atoms with Gasteiger partial charge in [-0.05, 0) is 24.3 Å². The number of benzene rings is 1. The number of carbonyl (C=O) groups excluding carboxylic acids is 1. The average molecular weight is 251 g/mol. The van der Waals surface area contributed by atoms with Crippen molar-refractivity contribution in [1.82, 2.24) is 9.97 Å². The maximum Gasteiger partial charge on any atom is 0.221 e. The van der Waals surface area contributed by atoms with E-state index < -0.39 is 0 Å². The Kier molecular flexibility index (Phi) is 3.26. The summed E-state index contributed by atoms with van der Waals surface area (Å²) in [4.78, 5) is 17.7. The Balaban J connectivity index is 2.33. The van der Waals surface area contributed by atoms with E-state index in [1.807, 2.05) is 12.1 Å². The third-order valence-electron chi connectivity index (χ3n) is 2.40. The van der Waals surface area contributed by atoms with E-state index in [4.69, 9.17) is 10.5 Å². The zero-order valence-corrected chi connectivity index (χ0v) is 10.1. The van der Waals surface area contributed by atoms with Gasteiger partial charge in [-0.1, -0.05) is 0 Å². The molecule has 0 bridgehead atoms. The molecule has 0 aliphatic carbocycles. The van der Waals surface area contributed by atoms with Crippen molar-refractivity contribution >= 4 is 11.6 Å². The lowest BCUT2D eigenvalue weighted by atomic mass is 10.2. The summed E-state index contributed by atoms with van der Waals surface area (Å²) in [5.41, 5.74) is 1.61.